The van der Waals surface area contributed by atoms with Crippen molar-refractivity contribution in [1.29, 1.82) is 0 Å². The summed E-state index contributed by atoms with van der Waals surface area (Å²) in [6, 6.07) is 8.92. The van der Waals surface area contributed by atoms with E-state index in [0.717, 1.165) is 10.8 Å². The van der Waals surface area contributed by atoms with Crippen molar-refractivity contribution in [2.45, 2.75) is 17.5 Å². The van der Waals surface area contributed by atoms with E-state index in [1.807, 2.05) is 24.2 Å². The SMILES string of the molecule is BrCC1CCSc2c3ccccc3nc[n+]21.[Br-]. The molecule has 0 N–H and O–H groups in total. The maximum Gasteiger partial charge on any atom is 0.288 e. The lowest BCUT2D eigenvalue weighted by Gasteiger charge is -2.20. The molecule has 1 atom stereocenters. The number of alkyl halides is 1. The highest BCUT2D eigenvalue weighted by Crippen LogP contribution is 2.30. The number of rotatable bonds is 1. The third kappa shape index (κ3) is 2.37. The molecule has 3 rings (SSSR count). The molecule has 0 spiro atoms. The van der Waals surface area contributed by atoms with Crippen LogP contribution in [0.3, 0.4) is 0 Å². The van der Waals surface area contributed by atoms with Gasteiger partial charge in [0.05, 0.1) is 5.39 Å². The lowest BCUT2D eigenvalue weighted by molar-refractivity contribution is -0.755. The topological polar surface area (TPSA) is 16.8 Å². The van der Waals surface area contributed by atoms with Crippen LogP contribution in [0.25, 0.3) is 10.9 Å². The van der Waals surface area contributed by atoms with E-state index in [0.29, 0.717) is 6.04 Å². The summed E-state index contributed by atoms with van der Waals surface area (Å²) < 4.78 is 2.31. The minimum absolute atomic E-state index is 0. The number of hydrogen-bond donors (Lipinski definition) is 0. The van der Waals surface area contributed by atoms with Crippen molar-refractivity contribution in [3.8, 4) is 0 Å². The van der Waals surface area contributed by atoms with Crippen molar-refractivity contribution < 1.29 is 21.5 Å². The molecule has 1 aliphatic heterocycles. The molecule has 1 aliphatic rings. The molecular weight excluding hydrogens is 364 g/mol. The first-order valence-electron chi connectivity index (χ1n) is 5.38. The summed E-state index contributed by atoms with van der Waals surface area (Å²) >= 11 is 5.53. The average molecular weight is 376 g/mol. The smallest absolute Gasteiger partial charge is 0.288 e. The molecule has 0 amide bonds. The number of benzene rings is 1. The molecule has 0 fully saturated rings. The predicted molar refractivity (Wildman–Crippen MR) is 70.1 cm³/mol. The van der Waals surface area contributed by atoms with Crippen LogP contribution in [0.5, 0.6) is 0 Å². The minimum atomic E-state index is 0. The van der Waals surface area contributed by atoms with Crippen molar-refractivity contribution in [3.63, 3.8) is 0 Å². The van der Waals surface area contributed by atoms with E-state index in [9.17, 15) is 0 Å². The molecule has 90 valence electrons. The quantitative estimate of drug-likeness (QED) is 0.395. The Kier molecular flexibility index (Phi) is 4.44. The Balaban J connectivity index is 0.00000108. The van der Waals surface area contributed by atoms with E-state index in [1.54, 1.807) is 0 Å². The van der Waals surface area contributed by atoms with Crippen molar-refractivity contribution in [2.75, 3.05) is 11.1 Å². The highest BCUT2D eigenvalue weighted by Gasteiger charge is 2.26. The number of para-hydroxylation sites is 1. The monoisotopic (exact) mass is 374 g/mol. The van der Waals surface area contributed by atoms with Crippen LogP contribution in [-0.2, 0) is 0 Å². The summed E-state index contributed by atoms with van der Waals surface area (Å²) in [5.41, 5.74) is 1.09. The zero-order valence-corrected chi connectivity index (χ0v) is 13.1. The molecule has 2 heterocycles. The van der Waals surface area contributed by atoms with Crippen molar-refractivity contribution in [2.24, 2.45) is 0 Å². The zero-order chi connectivity index (χ0) is 11.0. The summed E-state index contributed by atoms with van der Waals surface area (Å²) in [7, 11) is 0. The second kappa shape index (κ2) is 5.67. The Morgan fingerprint density at radius 3 is 3.06 bits per heavy atom. The van der Waals surface area contributed by atoms with Gasteiger partial charge in [0.15, 0.2) is 10.5 Å². The van der Waals surface area contributed by atoms with Gasteiger partial charge in [-0.1, -0.05) is 39.8 Å². The van der Waals surface area contributed by atoms with Crippen molar-refractivity contribution in [1.82, 2.24) is 4.98 Å². The molecule has 2 aromatic rings. The molecule has 0 saturated heterocycles. The zero-order valence-electron chi connectivity index (χ0n) is 9.14. The molecule has 1 aromatic heterocycles. The molecule has 0 aliphatic carbocycles. The van der Waals surface area contributed by atoms with Gasteiger partial charge in [0.25, 0.3) is 6.33 Å². The van der Waals surface area contributed by atoms with Crippen LogP contribution < -0.4 is 21.5 Å². The minimum Gasteiger partial charge on any atom is -1.00 e. The van der Waals surface area contributed by atoms with Crippen LogP contribution in [0.4, 0.5) is 0 Å². The van der Waals surface area contributed by atoms with Crippen LogP contribution in [0.15, 0.2) is 35.6 Å². The van der Waals surface area contributed by atoms with E-state index in [4.69, 9.17) is 0 Å². The Morgan fingerprint density at radius 1 is 1.41 bits per heavy atom. The second-order valence-corrected chi connectivity index (χ2v) is 5.65. The maximum absolute atomic E-state index is 4.52. The first-order chi connectivity index (χ1) is 7.90. The third-order valence-electron chi connectivity index (χ3n) is 2.95. The Hall–Kier alpha value is -0.130. The van der Waals surface area contributed by atoms with Gasteiger partial charge in [0.1, 0.15) is 6.04 Å². The van der Waals surface area contributed by atoms with Crippen molar-refractivity contribution >= 4 is 38.6 Å². The van der Waals surface area contributed by atoms with E-state index in [-0.39, 0.29) is 17.0 Å². The molecule has 0 saturated carbocycles. The number of hydrogen-bond acceptors (Lipinski definition) is 2. The summed E-state index contributed by atoms with van der Waals surface area (Å²) in [5.74, 6) is 1.20. The fourth-order valence-corrected chi connectivity index (χ4v) is 3.97. The van der Waals surface area contributed by atoms with Crippen LogP contribution in [0.2, 0.25) is 0 Å². The van der Waals surface area contributed by atoms with Gasteiger partial charge in [-0.25, -0.2) is 4.57 Å². The summed E-state index contributed by atoms with van der Waals surface area (Å²) in [4.78, 5) is 4.52. The number of nitrogens with zero attached hydrogens (tertiary/aromatic N) is 2. The number of thioether (sulfide) groups is 1. The highest BCUT2D eigenvalue weighted by molar-refractivity contribution is 9.09. The van der Waals surface area contributed by atoms with E-state index < -0.39 is 0 Å². The molecular formula is C12H12Br2N2S. The Labute approximate surface area is 124 Å². The first kappa shape index (κ1) is 13.3. The Morgan fingerprint density at radius 2 is 2.24 bits per heavy atom. The maximum atomic E-state index is 4.52. The number of fused-ring (bicyclic) bond motifs is 3. The van der Waals surface area contributed by atoms with Gasteiger partial charge in [0, 0.05) is 11.1 Å². The Bertz CT molecular complexity index is 533. The van der Waals surface area contributed by atoms with Gasteiger partial charge < -0.3 is 17.0 Å². The van der Waals surface area contributed by atoms with Crippen LogP contribution in [0, 0.1) is 0 Å². The number of aromatic nitrogens is 2. The largest absolute Gasteiger partial charge is 1.00 e. The molecule has 0 bridgehead atoms. The summed E-state index contributed by atoms with van der Waals surface area (Å²) in [6.45, 7) is 0. The van der Waals surface area contributed by atoms with Gasteiger partial charge in [0.2, 0.25) is 0 Å². The fraction of sp³-hybridized carbons (Fsp3) is 0.333. The lowest BCUT2D eigenvalue weighted by atomic mass is 10.2. The van der Waals surface area contributed by atoms with Crippen LogP contribution in [0.1, 0.15) is 12.5 Å². The lowest BCUT2D eigenvalue weighted by Crippen LogP contribution is -3.00. The van der Waals surface area contributed by atoms with E-state index in [1.165, 1.54) is 22.6 Å². The van der Waals surface area contributed by atoms with Gasteiger partial charge in [-0.3, -0.25) is 0 Å². The predicted octanol–water partition coefficient (Wildman–Crippen LogP) is -0.0419. The third-order valence-corrected chi connectivity index (χ3v) is 4.84. The second-order valence-electron chi connectivity index (χ2n) is 3.92. The highest BCUT2D eigenvalue weighted by atomic mass is 79.9. The molecule has 0 radical (unpaired) electrons. The normalized spacial score (nSPS) is 18.5. The van der Waals surface area contributed by atoms with E-state index in [2.05, 4.69) is 43.7 Å². The van der Waals surface area contributed by atoms with E-state index >= 15 is 0 Å². The summed E-state index contributed by atoms with van der Waals surface area (Å²) in [6.07, 6.45) is 3.20. The van der Waals surface area contributed by atoms with Gasteiger partial charge >= 0.3 is 0 Å². The molecule has 1 unspecified atom stereocenters. The van der Waals surface area contributed by atoms with Crippen LogP contribution in [-0.4, -0.2) is 16.1 Å². The summed E-state index contributed by atoms with van der Waals surface area (Å²) in [5, 5.41) is 3.65. The molecule has 17 heavy (non-hydrogen) atoms. The molecule has 2 nitrogen and oxygen atoms in total. The molecule has 5 heteroatoms. The first-order valence-corrected chi connectivity index (χ1v) is 7.48. The fourth-order valence-electron chi connectivity index (χ4n) is 2.08. The average Bonchev–Trinajstić information content (AvgIpc) is 2.37. The molecule has 1 aromatic carbocycles. The van der Waals surface area contributed by atoms with Gasteiger partial charge in [-0.2, -0.15) is 0 Å². The standard InChI is InChI=1S/C12H12BrN2S.BrH/c13-7-9-5-6-16-12-10-3-1-2-4-11(10)14-8-15(9)12;/h1-4,8-9H,5-7H2;1H/q+1;/p-1. The van der Waals surface area contributed by atoms with Gasteiger partial charge in [-0.15, -0.1) is 0 Å². The van der Waals surface area contributed by atoms with Crippen LogP contribution >= 0.6 is 27.7 Å². The van der Waals surface area contributed by atoms with Gasteiger partial charge in [-0.05, 0) is 23.5 Å². The number of halogens is 2. The van der Waals surface area contributed by atoms with Crippen molar-refractivity contribution in [3.05, 3.63) is 30.6 Å².